The van der Waals surface area contributed by atoms with Gasteiger partial charge in [0.25, 0.3) is 0 Å². The van der Waals surface area contributed by atoms with Crippen LogP contribution in [-0.2, 0) is 0 Å². The minimum Gasteiger partial charge on any atom is -0.484 e. The number of hydrogen-bond acceptors (Lipinski definition) is 3. The van der Waals surface area contributed by atoms with E-state index < -0.39 is 0 Å². The molecule has 1 unspecified atom stereocenters. The maximum Gasteiger partial charge on any atom is 0.145 e. The summed E-state index contributed by atoms with van der Waals surface area (Å²) in [7, 11) is 0. The molecule has 0 bridgehead atoms. The van der Waals surface area contributed by atoms with Gasteiger partial charge < -0.3 is 15.2 Å². The molecule has 0 spiro atoms. The highest BCUT2D eigenvalue weighted by Crippen LogP contribution is 2.29. The predicted molar refractivity (Wildman–Crippen MR) is 46.4 cm³/mol. The Balaban J connectivity index is 2.27. The van der Waals surface area contributed by atoms with Crippen molar-refractivity contribution in [2.24, 2.45) is 0 Å². The first-order valence-electron chi connectivity index (χ1n) is 4.10. The van der Waals surface area contributed by atoms with Gasteiger partial charge in [0.2, 0.25) is 0 Å². The first kappa shape index (κ1) is 8.31. The van der Waals surface area contributed by atoms with Crippen molar-refractivity contribution >= 4 is 5.69 Å². The Kier molecular flexibility index (Phi) is 2.06. The summed E-state index contributed by atoms with van der Waals surface area (Å²) in [5, 5.41) is 11.9. The number of ether oxygens (including phenoxy) is 1. The minimum atomic E-state index is -0.334. The molecule has 0 saturated heterocycles. The molecule has 1 aliphatic rings. The van der Waals surface area contributed by atoms with Crippen LogP contribution < -0.4 is 10.1 Å². The number of anilines is 1. The summed E-state index contributed by atoms with van der Waals surface area (Å²) in [6, 6.07) is 4.30. The predicted octanol–water partition coefficient (Wildman–Crippen LogP) is 0.991. The van der Waals surface area contributed by atoms with Crippen LogP contribution in [-0.4, -0.2) is 24.4 Å². The van der Waals surface area contributed by atoms with Crippen molar-refractivity contribution in [1.29, 1.82) is 0 Å². The van der Waals surface area contributed by atoms with Gasteiger partial charge in [-0.15, -0.1) is 0 Å². The molecule has 70 valence electrons. The number of aliphatic hydroxyl groups is 1. The van der Waals surface area contributed by atoms with E-state index >= 15 is 0 Å². The molecule has 0 amide bonds. The zero-order valence-corrected chi connectivity index (χ0v) is 6.96. The van der Waals surface area contributed by atoms with Gasteiger partial charge in [-0.2, -0.15) is 0 Å². The molecule has 1 aromatic rings. The fraction of sp³-hybridized carbons (Fsp3) is 0.333. The van der Waals surface area contributed by atoms with Gasteiger partial charge in [-0.3, -0.25) is 0 Å². The second-order valence-electron chi connectivity index (χ2n) is 2.94. The second-order valence-corrected chi connectivity index (χ2v) is 2.94. The summed E-state index contributed by atoms with van der Waals surface area (Å²) < 4.78 is 18.1. The van der Waals surface area contributed by atoms with E-state index in [0.29, 0.717) is 12.3 Å². The second kappa shape index (κ2) is 3.22. The molecule has 2 rings (SSSR count). The Morgan fingerprint density at radius 3 is 3.23 bits per heavy atom. The summed E-state index contributed by atoms with van der Waals surface area (Å²) in [5.41, 5.74) is 0.770. The topological polar surface area (TPSA) is 41.5 Å². The Bertz CT molecular complexity index is 316. The van der Waals surface area contributed by atoms with Crippen LogP contribution in [0.15, 0.2) is 18.2 Å². The van der Waals surface area contributed by atoms with Crippen molar-refractivity contribution < 1.29 is 14.2 Å². The molecule has 1 heterocycles. The van der Waals surface area contributed by atoms with E-state index in [1.165, 1.54) is 12.1 Å². The van der Waals surface area contributed by atoms with E-state index in [0.717, 1.165) is 5.69 Å². The maximum atomic E-state index is 12.8. The Labute approximate surface area is 75.1 Å². The molecule has 0 aliphatic carbocycles. The van der Waals surface area contributed by atoms with Gasteiger partial charge in [-0.05, 0) is 12.1 Å². The number of aliphatic hydroxyl groups excluding tert-OH is 1. The number of fused-ring (bicyclic) bond motifs is 1. The van der Waals surface area contributed by atoms with Gasteiger partial charge in [0.05, 0.1) is 18.8 Å². The monoisotopic (exact) mass is 183 g/mol. The average molecular weight is 183 g/mol. The van der Waals surface area contributed by atoms with Crippen molar-refractivity contribution in [1.82, 2.24) is 0 Å². The molecule has 1 aliphatic heterocycles. The SMILES string of the molecule is OCC1CNc2ccc(F)cc2O1. The number of hydrogen-bond donors (Lipinski definition) is 2. The number of halogens is 1. The Hall–Kier alpha value is -1.29. The van der Waals surface area contributed by atoms with E-state index in [1.54, 1.807) is 6.07 Å². The van der Waals surface area contributed by atoms with E-state index in [-0.39, 0.29) is 18.5 Å². The normalized spacial score (nSPS) is 20.0. The maximum absolute atomic E-state index is 12.8. The smallest absolute Gasteiger partial charge is 0.145 e. The van der Waals surface area contributed by atoms with Crippen molar-refractivity contribution in [2.45, 2.75) is 6.10 Å². The summed E-state index contributed by atoms with van der Waals surface area (Å²) in [5.74, 6) is 0.129. The van der Waals surface area contributed by atoms with Crippen molar-refractivity contribution in [3.05, 3.63) is 24.0 Å². The lowest BCUT2D eigenvalue weighted by molar-refractivity contribution is 0.119. The van der Waals surface area contributed by atoms with Gasteiger partial charge in [-0.25, -0.2) is 4.39 Å². The van der Waals surface area contributed by atoms with Gasteiger partial charge >= 0.3 is 0 Å². The quantitative estimate of drug-likeness (QED) is 0.682. The van der Waals surface area contributed by atoms with E-state index in [9.17, 15) is 4.39 Å². The molecule has 0 fully saturated rings. The lowest BCUT2D eigenvalue weighted by Gasteiger charge is -2.25. The molecule has 1 atom stereocenters. The lowest BCUT2D eigenvalue weighted by atomic mass is 10.2. The van der Waals surface area contributed by atoms with Crippen LogP contribution in [0.1, 0.15) is 0 Å². The van der Waals surface area contributed by atoms with Gasteiger partial charge in [-0.1, -0.05) is 0 Å². The highest BCUT2D eigenvalue weighted by Gasteiger charge is 2.18. The average Bonchev–Trinajstić information content (AvgIpc) is 2.16. The molecule has 0 saturated carbocycles. The van der Waals surface area contributed by atoms with Crippen LogP contribution in [0.2, 0.25) is 0 Å². The van der Waals surface area contributed by atoms with Crippen molar-refractivity contribution in [3.8, 4) is 5.75 Å². The van der Waals surface area contributed by atoms with Gasteiger partial charge in [0, 0.05) is 6.07 Å². The fourth-order valence-electron chi connectivity index (χ4n) is 1.29. The van der Waals surface area contributed by atoms with Crippen LogP contribution in [0.25, 0.3) is 0 Å². The molecule has 3 nitrogen and oxygen atoms in total. The standard InChI is InChI=1S/C9H10FNO2/c10-6-1-2-8-9(3-6)13-7(5-12)4-11-8/h1-3,7,11-12H,4-5H2. The highest BCUT2D eigenvalue weighted by atomic mass is 19.1. The van der Waals surface area contributed by atoms with Crippen LogP contribution in [0.5, 0.6) is 5.75 Å². The summed E-state index contributed by atoms with van der Waals surface area (Å²) in [6.07, 6.45) is -0.283. The summed E-state index contributed by atoms with van der Waals surface area (Å²) in [4.78, 5) is 0. The number of nitrogens with one attached hydrogen (secondary N) is 1. The van der Waals surface area contributed by atoms with Crippen LogP contribution in [0.4, 0.5) is 10.1 Å². The Morgan fingerprint density at radius 2 is 2.46 bits per heavy atom. The summed E-state index contributed by atoms with van der Waals surface area (Å²) in [6.45, 7) is 0.484. The molecule has 1 aromatic carbocycles. The zero-order valence-electron chi connectivity index (χ0n) is 6.96. The van der Waals surface area contributed by atoms with Crippen LogP contribution in [0, 0.1) is 5.82 Å². The third kappa shape index (κ3) is 1.58. The zero-order chi connectivity index (χ0) is 9.26. The fourth-order valence-corrected chi connectivity index (χ4v) is 1.29. The molecular formula is C9H10FNO2. The van der Waals surface area contributed by atoms with Crippen LogP contribution in [0.3, 0.4) is 0 Å². The van der Waals surface area contributed by atoms with Gasteiger partial charge in [0.15, 0.2) is 0 Å². The molecule has 4 heteroatoms. The number of benzene rings is 1. The van der Waals surface area contributed by atoms with E-state index in [1.807, 2.05) is 0 Å². The number of rotatable bonds is 1. The van der Waals surface area contributed by atoms with Crippen LogP contribution >= 0.6 is 0 Å². The minimum absolute atomic E-state index is 0.0665. The van der Waals surface area contributed by atoms with Gasteiger partial charge in [0.1, 0.15) is 17.7 Å². The third-order valence-corrected chi connectivity index (χ3v) is 1.96. The van der Waals surface area contributed by atoms with E-state index in [2.05, 4.69) is 5.32 Å². The molecule has 0 aromatic heterocycles. The molecular weight excluding hydrogens is 173 g/mol. The first-order valence-corrected chi connectivity index (χ1v) is 4.10. The molecule has 13 heavy (non-hydrogen) atoms. The van der Waals surface area contributed by atoms with Crippen molar-refractivity contribution in [2.75, 3.05) is 18.5 Å². The lowest BCUT2D eigenvalue weighted by Crippen LogP contribution is -2.33. The van der Waals surface area contributed by atoms with Crippen molar-refractivity contribution in [3.63, 3.8) is 0 Å². The molecule has 0 radical (unpaired) electrons. The molecule has 2 N–H and O–H groups in total. The summed E-state index contributed by atoms with van der Waals surface area (Å²) >= 11 is 0. The largest absolute Gasteiger partial charge is 0.484 e. The highest BCUT2D eigenvalue weighted by molar-refractivity contribution is 5.57. The first-order chi connectivity index (χ1) is 6.29. The Morgan fingerprint density at radius 1 is 1.62 bits per heavy atom. The van der Waals surface area contributed by atoms with E-state index in [4.69, 9.17) is 9.84 Å². The third-order valence-electron chi connectivity index (χ3n) is 1.96.